The molecule has 0 saturated carbocycles. The van der Waals surface area contributed by atoms with Crippen LogP contribution in [0.2, 0.25) is 0 Å². The second-order valence-corrected chi connectivity index (χ2v) is 7.41. The van der Waals surface area contributed by atoms with Crippen molar-refractivity contribution in [2.75, 3.05) is 13.1 Å². The fourth-order valence-corrected chi connectivity index (χ4v) is 3.74. The van der Waals surface area contributed by atoms with Crippen LogP contribution in [0.3, 0.4) is 0 Å². The number of benzene rings is 1. The lowest BCUT2D eigenvalue weighted by atomic mass is 9.91. The van der Waals surface area contributed by atoms with Crippen molar-refractivity contribution < 1.29 is 9.53 Å². The topological polar surface area (TPSA) is 55.3 Å². The molecule has 148 valence electrons. The summed E-state index contributed by atoms with van der Waals surface area (Å²) in [5.41, 5.74) is 2.73. The molecule has 0 aliphatic carbocycles. The van der Waals surface area contributed by atoms with Gasteiger partial charge in [-0.2, -0.15) is 0 Å². The van der Waals surface area contributed by atoms with Gasteiger partial charge in [0, 0.05) is 42.9 Å². The predicted octanol–water partition coefficient (Wildman–Crippen LogP) is 4.15. The molecule has 0 N–H and O–H groups in total. The number of nitrogens with zero attached hydrogens (tertiary/aromatic N) is 3. The molecule has 2 aromatic heterocycles. The molecule has 1 amide bonds. The van der Waals surface area contributed by atoms with E-state index in [4.69, 9.17) is 4.74 Å². The van der Waals surface area contributed by atoms with E-state index >= 15 is 0 Å². The molecule has 4 rings (SSSR count). The third kappa shape index (κ3) is 4.99. The van der Waals surface area contributed by atoms with Crippen molar-refractivity contribution in [1.29, 1.82) is 0 Å². The van der Waals surface area contributed by atoms with Gasteiger partial charge < -0.3 is 9.64 Å². The number of hydrogen-bond donors (Lipinski definition) is 0. The summed E-state index contributed by atoms with van der Waals surface area (Å²) in [6.07, 6.45) is 8.33. The van der Waals surface area contributed by atoms with Crippen molar-refractivity contribution in [3.8, 4) is 5.75 Å². The van der Waals surface area contributed by atoms with E-state index in [2.05, 4.69) is 16.0 Å². The molecule has 0 radical (unpaired) electrons. The minimum absolute atomic E-state index is 0.0445. The summed E-state index contributed by atoms with van der Waals surface area (Å²) in [6, 6.07) is 17.4. The highest BCUT2D eigenvalue weighted by molar-refractivity contribution is 5.97. The zero-order valence-corrected chi connectivity index (χ0v) is 16.4. The smallest absolute Gasteiger partial charge is 0.257 e. The summed E-state index contributed by atoms with van der Waals surface area (Å²) in [4.78, 5) is 23.6. The highest BCUT2D eigenvalue weighted by Crippen LogP contribution is 2.26. The number of piperidine rings is 1. The first-order valence-electron chi connectivity index (χ1n) is 10.1. The van der Waals surface area contributed by atoms with Gasteiger partial charge in [-0.15, -0.1) is 0 Å². The molecule has 0 atom stereocenters. The second-order valence-electron chi connectivity index (χ2n) is 7.41. The van der Waals surface area contributed by atoms with E-state index in [0.29, 0.717) is 23.8 Å². The Morgan fingerprint density at radius 2 is 1.83 bits per heavy atom. The lowest BCUT2D eigenvalue weighted by Crippen LogP contribution is -2.39. The van der Waals surface area contributed by atoms with Crippen LogP contribution in [-0.4, -0.2) is 33.9 Å². The summed E-state index contributed by atoms with van der Waals surface area (Å²) in [5, 5.41) is 0. The predicted molar refractivity (Wildman–Crippen MR) is 112 cm³/mol. The quantitative estimate of drug-likeness (QED) is 0.638. The number of ether oxygens (including phenoxy) is 1. The molecule has 1 fully saturated rings. The van der Waals surface area contributed by atoms with Crippen LogP contribution in [0.4, 0.5) is 0 Å². The number of likely N-dealkylation sites (tertiary alicyclic amines) is 1. The minimum Gasteiger partial charge on any atom is -0.488 e. The number of carbonyl (C=O) groups excluding carboxylic acids is 1. The molecule has 29 heavy (non-hydrogen) atoms. The van der Waals surface area contributed by atoms with E-state index in [0.717, 1.165) is 43.6 Å². The van der Waals surface area contributed by atoms with E-state index in [9.17, 15) is 4.79 Å². The average molecular weight is 387 g/mol. The maximum atomic E-state index is 13.1. The lowest BCUT2D eigenvalue weighted by molar-refractivity contribution is 0.0685. The normalized spacial score (nSPS) is 14.6. The van der Waals surface area contributed by atoms with E-state index in [1.54, 1.807) is 12.4 Å². The molecular formula is C24H25N3O2. The van der Waals surface area contributed by atoms with E-state index in [1.165, 1.54) is 0 Å². The molecule has 1 aliphatic heterocycles. The Hall–Kier alpha value is -3.21. The molecule has 1 aromatic carbocycles. The second kappa shape index (κ2) is 9.32. The Balaban J connectivity index is 1.36. The summed E-state index contributed by atoms with van der Waals surface area (Å²) in [6.45, 7) is 1.94. The first kappa shape index (κ1) is 19.1. The maximum Gasteiger partial charge on any atom is 0.257 e. The Bertz CT molecular complexity index is 923. The average Bonchev–Trinajstić information content (AvgIpc) is 2.79. The first-order valence-corrected chi connectivity index (χ1v) is 10.1. The number of aromatic nitrogens is 2. The van der Waals surface area contributed by atoms with Gasteiger partial charge in [0.25, 0.3) is 5.91 Å². The fourth-order valence-electron chi connectivity index (χ4n) is 3.74. The monoisotopic (exact) mass is 387 g/mol. The molecule has 1 saturated heterocycles. The molecule has 5 nitrogen and oxygen atoms in total. The Morgan fingerprint density at radius 3 is 2.59 bits per heavy atom. The minimum atomic E-state index is 0.0445. The number of amides is 1. The molecule has 5 heteroatoms. The van der Waals surface area contributed by atoms with Gasteiger partial charge in [-0.1, -0.05) is 24.3 Å². The van der Waals surface area contributed by atoms with Crippen LogP contribution in [0.25, 0.3) is 0 Å². The van der Waals surface area contributed by atoms with E-state index < -0.39 is 0 Å². The van der Waals surface area contributed by atoms with Crippen molar-refractivity contribution in [1.82, 2.24) is 14.9 Å². The zero-order chi connectivity index (χ0) is 19.9. The highest BCUT2D eigenvalue weighted by Gasteiger charge is 2.25. The third-order valence-electron chi connectivity index (χ3n) is 5.36. The summed E-state index contributed by atoms with van der Waals surface area (Å²) in [7, 11) is 0. The van der Waals surface area contributed by atoms with Gasteiger partial charge in [-0.25, -0.2) is 0 Å². The number of pyridine rings is 2. The molecular weight excluding hydrogens is 362 g/mol. The zero-order valence-electron chi connectivity index (χ0n) is 16.4. The standard InChI is InChI=1S/C24H25N3O2/c28-24(27-14-10-19(11-15-27)16-21-7-3-4-13-26-21)22-8-1-2-9-23(22)29-18-20-6-5-12-25-17-20/h1-9,12-13,17,19H,10-11,14-16,18H2. The number of rotatable bonds is 6. The SMILES string of the molecule is O=C(c1ccccc1OCc1cccnc1)N1CCC(Cc2ccccn2)CC1. The van der Waals surface area contributed by atoms with Crippen LogP contribution >= 0.6 is 0 Å². The van der Waals surface area contributed by atoms with Crippen molar-refractivity contribution >= 4 is 5.91 Å². The van der Waals surface area contributed by atoms with Crippen LogP contribution in [0, 0.1) is 5.92 Å². The first-order chi connectivity index (χ1) is 14.3. The van der Waals surface area contributed by atoms with Crippen molar-refractivity contribution in [2.24, 2.45) is 5.92 Å². The van der Waals surface area contributed by atoms with Crippen LogP contribution in [0.5, 0.6) is 5.75 Å². The van der Waals surface area contributed by atoms with Crippen LogP contribution in [0.15, 0.2) is 73.2 Å². The van der Waals surface area contributed by atoms with Gasteiger partial charge in [0.1, 0.15) is 12.4 Å². The van der Waals surface area contributed by atoms with E-state index in [1.807, 2.05) is 59.6 Å². The highest BCUT2D eigenvalue weighted by atomic mass is 16.5. The summed E-state index contributed by atoms with van der Waals surface area (Å²) >= 11 is 0. The number of para-hydroxylation sites is 1. The molecule has 1 aliphatic rings. The molecule has 0 unspecified atom stereocenters. The van der Waals surface area contributed by atoms with Crippen LogP contribution in [-0.2, 0) is 13.0 Å². The third-order valence-corrected chi connectivity index (χ3v) is 5.36. The lowest BCUT2D eigenvalue weighted by Gasteiger charge is -2.32. The van der Waals surface area contributed by atoms with Gasteiger partial charge >= 0.3 is 0 Å². The van der Waals surface area contributed by atoms with Crippen molar-refractivity contribution in [3.05, 3.63) is 90.0 Å². The van der Waals surface area contributed by atoms with E-state index in [-0.39, 0.29) is 5.91 Å². The van der Waals surface area contributed by atoms with Crippen LogP contribution < -0.4 is 4.74 Å². The van der Waals surface area contributed by atoms with Crippen molar-refractivity contribution in [3.63, 3.8) is 0 Å². The summed E-state index contributed by atoms with van der Waals surface area (Å²) in [5.74, 6) is 1.24. The Morgan fingerprint density at radius 1 is 1.00 bits per heavy atom. The van der Waals surface area contributed by atoms with Crippen LogP contribution in [0.1, 0.15) is 34.5 Å². The van der Waals surface area contributed by atoms with Crippen molar-refractivity contribution in [2.45, 2.75) is 25.9 Å². The Kier molecular flexibility index (Phi) is 6.15. The fraction of sp³-hybridized carbons (Fsp3) is 0.292. The van der Waals surface area contributed by atoms with Gasteiger partial charge in [0.2, 0.25) is 0 Å². The number of hydrogen-bond acceptors (Lipinski definition) is 4. The number of carbonyl (C=O) groups is 1. The van der Waals surface area contributed by atoms with Gasteiger partial charge in [-0.05, 0) is 55.5 Å². The maximum absolute atomic E-state index is 13.1. The Labute approximate surface area is 171 Å². The molecule has 3 heterocycles. The molecule has 3 aromatic rings. The van der Waals surface area contributed by atoms with Gasteiger partial charge in [-0.3, -0.25) is 14.8 Å². The molecule has 0 bridgehead atoms. The van der Waals surface area contributed by atoms with Gasteiger partial charge in [0.15, 0.2) is 0 Å². The molecule has 0 spiro atoms. The summed E-state index contributed by atoms with van der Waals surface area (Å²) < 4.78 is 5.94. The largest absolute Gasteiger partial charge is 0.488 e. The van der Waals surface area contributed by atoms with Gasteiger partial charge in [0.05, 0.1) is 5.56 Å².